The Balaban J connectivity index is 2.30. The minimum atomic E-state index is -1.31. The van der Waals surface area contributed by atoms with E-state index in [1.54, 1.807) is 30.3 Å². The highest BCUT2D eigenvalue weighted by Gasteiger charge is 2.27. The quantitative estimate of drug-likeness (QED) is 0.515. The summed E-state index contributed by atoms with van der Waals surface area (Å²) >= 11 is 0. The molecule has 2 N–H and O–H groups in total. The fraction of sp³-hybridized carbons (Fsp3) is 0.0667. The van der Waals surface area contributed by atoms with Crippen LogP contribution in [0.3, 0.4) is 0 Å². The van der Waals surface area contributed by atoms with Crippen molar-refractivity contribution in [3.63, 3.8) is 0 Å². The summed E-state index contributed by atoms with van der Waals surface area (Å²) in [6, 6.07) is 13.5. The van der Waals surface area contributed by atoms with Gasteiger partial charge in [-0.2, -0.15) is 0 Å². The predicted octanol–water partition coefficient (Wildman–Crippen LogP) is 1.98. The summed E-state index contributed by atoms with van der Waals surface area (Å²) in [5, 5.41) is 10.9. The first-order valence-electron chi connectivity index (χ1n) is 6.29. The number of carbonyl (C=O) groups excluding carboxylic acids is 2. The second-order valence-electron chi connectivity index (χ2n) is 4.37. The molecule has 0 aliphatic heterocycles. The average molecular weight is 300 g/mol. The van der Waals surface area contributed by atoms with E-state index in [0.29, 0.717) is 5.56 Å². The molecule has 0 aliphatic carbocycles. The molecule has 0 aliphatic rings. The van der Waals surface area contributed by atoms with Gasteiger partial charge in [0.05, 0.1) is 4.92 Å². The number of para-hydroxylation sites is 1. The molecule has 1 atom stereocenters. The van der Waals surface area contributed by atoms with Crippen molar-refractivity contribution < 1.29 is 19.2 Å². The number of esters is 1. The van der Waals surface area contributed by atoms with Gasteiger partial charge < -0.3 is 10.5 Å². The Labute approximate surface area is 125 Å². The van der Waals surface area contributed by atoms with Crippen molar-refractivity contribution >= 4 is 17.6 Å². The lowest BCUT2D eigenvalue weighted by molar-refractivity contribution is -0.385. The molecule has 1 amide bonds. The summed E-state index contributed by atoms with van der Waals surface area (Å²) in [5.74, 6) is -1.85. The Hall–Kier alpha value is -3.22. The van der Waals surface area contributed by atoms with Crippen LogP contribution in [-0.4, -0.2) is 16.8 Å². The molecule has 0 spiro atoms. The number of rotatable bonds is 5. The SMILES string of the molecule is NC(=O)C(OC(=O)c1ccccc1[N+](=O)[O-])c1ccccc1. The van der Waals surface area contributed by atoms with Crippen LogP contribution >= 0.6 is 0 Å². The fourth-order valence-corrected chi connectivity index (χ4v) is 1.89. The minimum absolute atomic E-state index is 0.241. The van der Waals surface area contributed by atoms with Gasteiger partial charge in [-0.25, -0.2) is 4.79 Å². The number of benzene rings is 2. The van der Waals surface area contributed by atoms with Gasteiger partial charge in [-0.1, -0.05) is 42.5 Å². The van der Waals surface area contributed by atoms with Gasteiger partial charge in [0.2, 0.25) is 6.10 Å². The number of nitro groups is 1. The van der Waals surface area contributed by atoms with Gasteiger partial charge in [0.25, 0.3) is 11.6 Å². The van der Waals surface area contributed by atoms with E-state index >= 15 is 0 Å². The highest BCUT2D eigenvalue weighted by Crippen LogP contribution is 2.23. The largest absolute Gasteiger partial charge is 0.444 e. The molecule has 0 radical (unpaired) electrons. The number of carbonyl (C=O) groups is 2. The summed E-state index contributed by atoms with van der Waals surface area (Å²) in [6.07, 6.45) is -1.31. The van der Waals surface area contributed by atoms with Crippen LogP contribution in [0.4, 0.5) is 5.69 Å². The van der Waals surface area contributed by atoms with E-state index in [9.17, 15) is 19.7 Å². The van der Waals surface area contributed by atoms with Crippen LogP contribution in [0.25, 0.3) is 0 Å². The average Bonchev–Trinajstić information content (AvgIpc) is 2.52. The second kappa shape index (κ2) is 6.49. The Morgan fingerprint density at radius 3 is 2.23 bits per heavy atom. The summed E-state index contributed by atoms with van der Waals surface area (Å²) in [7, 11) is 0. The van der Waals surface area contributed by atoms with E-state index in [1.807, 2.05) is 0 Å². The maximum atomic E-state index is 12.1. The fourth-order valence-electron chi connectivity index (χ4n) is 1.89. The molecule has 0 heterocycles. The summed E-state index contributed by atoms with van der Waals surface area (Å²) in [5.41, 5.74) is 4.99. The van der Waals surface area contributed by atoms with E-state index in [2.05, 4.69) is 0 Å². The van der Waals surface area contributed by atoms with Crippen molar-refractivity contribution in [1.82, 2.24) is 0 Å². The van der Waals surface area contributed by atoms with Gasteiger partial charge in [0, 0.05) is 11.6 Å². The first-order valence-corrected chi connectivity index (χ1v) is 6.29. The van der Waals surface area contributed by atoms with Gasteiger partial charge in [-0.15, -0.1) is 0 Å². The smallest absolute Gasteiger partial charge is 0.346 e. The summed E-state index contributed by atoms with van der Waals surface area (Å²) < 4.78 is 5.06. The van der Waals surface area contributed by atoms with Gasteiger partial charge in [-0.05, 0) is 6.07 Å². The molecule has 0 saturated heterocycles. The Morgan fingerprint density at radius 2 is 1.64 bits per heavy atom. The highest BCUT2D eigenvalue weighted by molar-refractivity contribution is 5.95. The number of nitrogens with two attached hydrogens (primary N) is 1. The molecule has 0 bridgehead atoms. The van der Waals surface area contributed by atoms with E-state index in [1.165, 1.54) is 24.3 Å². The summed E-state index contributed by atoms with van der Waals surface area (Å²) in [6.45, 7) is 0. The van der Waals surface area contributed by atoms with Crippen molar-refractivity contribution in [2.75, 3.05) is 0 Å². The second-order valence-corrected chi connectivity index (χ2v) is 4.37. The number of nitro benzene ring substituents is 1. The zero-order valence-electron chi connectivity index (χ0n) is 11.3. The lowest BCUT2D eigenvalue weighted by Gasteiger charge is -2.15. The molecule has 22 heavy (non-hydrogen) atoms. The molecule has 2 rings (SSSR count). The van der Waals surface area contributed by atoms with Gasteiger partial charge >= 0.3 is 5.97 Å². The van der Waals surface area contributed by atoms with Gasteiger partial charge in [-0.3, -0.25) is 14.9 Å². The molecule has 0 saturated carbocycles. The molecular weight excluding hydrogens is 288 g/mol. The lowest BCUT2D eigenvalue weighted by atomic mass is 10.1. The Bertz CT molecular complexity index is 715. The van der Waals surface area contributed by atoms with Crippen molar-refractivity contribution in [3.8, 4) is 0 Å². The number of hydrogen-bond acceptors (Lipinski definition) is 5. The number of ether oxygens (including phenoxy) is 1. The van der Waals surface area contributed by atoms with Crippen LogP contribution in [0, 0.1) is 10.1 Å². The lowest BCUT2D eigenvalue weighted by Crippen LogP contribution is -2.26. The number of hydrogen-bond donors (Lipinski definition) is 1. The van der Waals surface area contributed by atoms with E-state index in [0.717, 1.165) is 0 Å². The van der Waals surface area contributed by atoms with Gasteiger partial charge in [0.1, 0.15) is 5.56 Å². The molecule has 7 nitrogen and oxygen atoms in total. The van der Waals surface area contributed by atoms with Crippen molar-refractivity contribution in [2.24, 2.45) is 5.73 Å². The zero-order valence-corrected chi connectivity index (χ0v) is 11.3. The topological polar surface area (TPSA) is 113 Å². The first kappa shape index (κ1) is 15.2. The molecule has 2 aromatic rings. The number of amides is 1. The number of nitrogens with zero attached hydrogens (tertiary/aromatic N) is 1. The maximum Gasteiger partial charge on any atom is 0.346 e. The molecule has 7 heteroatoms. The van der Waals surface area contributed by atoms with Crippen molar-refractivity contribution in [1.29, 1.82) is 0 Å². The first-order chi connectivity index (χ1) is 10.5. The van der Waals surface area contributed by atoms with Crippen LogP contribution in [0.15, 0.2) is 54.6 Å². The van der Waals surface area contributed by atoms with Crippen LogP contribution in [0.5, 0.6) is 0 Å². The molecule has 1 unspecified atom stereocenters. The molecule has 112 valence electrons. The van der Waals surface area contributed by atoms with E-state index in [-0.39, 0.29) is 5.56 Å². The third kappa shape index (κ3) is 3.26. The van der Waals surface area contributed by atoms with Crippen molar-refractivity contribution in [2.45, 2.75) is 6.10 Å². The highest BCUT2D eigenvalue weighted by atomic mass is 16.6. The van der Waals surface area contributed by atoms with Gasteiger partial charge in [0.15, 0.2) is 0 Å². The summed E-state index contributed by atoms with van der Waals surface area (Å²) in [4.78, 5) is 33.8. The van der Waals surface area contributed by atoms with Crippen molar-refractivity contribution in [3.05, 3.63) is 75.8 Å². The molecule has 0 aromatic heterocycles. The predicted molar refractivity (Wildman–Crippen MR) is 76.9 cm³/mol. The van der Waals surface area contributed by atoms with Crippen LogP contribution < -0.4 is 5.73 Å². The van der Waals surface area contributed by atoms with E-state index < -0.39 is 28.6 Å². The van der Waals surface area contributed by atoms with Crippen LogP contribution in [-0.2, 0) is 9.53 Å². The molecule has 0 fully saturated rings. The van der Waals surface area contributed by atoms with Crippen LogP contribution in [0.1, 0.15) is 22.0 Å². The monoisotopic (exact) mass is 300 g/mol. The van der Waals surface area contributed by atoms with E-state index in [4.69, 9.17) is 10.5 Å². The molecule has 2 aromatic carbocycles. The normalized spacial score (nSPS) is 11.5. The zero-order chi connectivity index (χ0) is 16.1. The Kier molecular flexibility index (Phi) is 4.47. The third-order valence-electron chi connectivity index (χ3n) is 2.91. The Morgan fingerprint density at radius 1 is 1.05 bits per heavy atom. The standard InChI is InChI=1S/C15H12N2O5/c16-14(18)13(10-6-2-1-3-7-10)22-15(19)11-8-4-5-9-12(11)17(20)21/h1-9,13H,(H2,16,18). The number of primary amides is 1. The minimum Gasteiger partial charge on any atom is -0.444 e. The third-order valence-corrected chi connectivity index (χ3v) is 2.91. The molecular formula is C15H12N2O5. The van der Waals surface area contributed by atoms with Crippen LogP contribution in [0.2, 0.25) is 0 Å². The maximum absolute atomic E-state index is 12.1.